The highest BCUT2D eigenvalue weighted by Crippen LogP contribution is 2.13. The van der Waals surface area contributed by atoms with Crippen LogP contribution in [-0.2, 0) is 0 Å². The summed E-state index contributed by atoms with van der Waals surface area (Å²) >= 11 is 0. The average Bonchev–Trinajstić information content (AvgIpc) is 2.34. The van der Waals surface area contributed by atoms with Crippen molar-refractivity contribution in [2.75, 3.05) is 39.1 Å². The Labute approximate surface area is 101 Å². The van der Waals surface area contributed by atoms with Gasteiger partial charge in [0.05, 0.1) is 11.8 Å². The fourth-order valence-corrected chi connectivity index (χ4v) is 1.32. The first-order valence-electron chi connectivity index (χ1n) is 5.21. The highest BCUT2D eigenvalue weighted by molar-refractivity contribution is 6.01. The lowest BCUT2D eigenvalue weighted by atomic mass is 10.2. The van der Waals surface area contributed by atoms with Crippen molar-refractivity contribution in [3.8, 4) is 0 Å². The van der Waals surface area contributed by atoms with E-state index in [1.807, 2.05) is 26.0 Å². The lowest BCUT2D eigenvalue weighted by molar-refractivity contribution is 0.318. The van der Waals surface area contributed by atoms with Gasteiger partial charge in [-0.15, -0.1) is 5.10 Å². The van der Waals surface area contributed by atoms with Gasteiger partial charge in [-0.2, -0.15) is 5.10 Å². The average molecular weight is 238 g/mol. The minimum Gasteiger partial charge on any atom is -0.409 e. The zero-order chi connectivity index (χ0) is 12.8. The smallest absolute Gasteiger partial charge is 0.173 e. The summed E-state index contributed by atoms with van der Waals surface area (Å²) in [6.45, 7) is 1.65. The largest absolute Gasteiger partial charge is 0.409 e. The van der Waals surface area contributed by atoms with Gasteiger partial charge in [0.25, 0.3) is 0 Å². The van der Waals surface area contributed by atoms with Crippen LogP contribution in [0, 0.1) is 0 Å². The van der Waals surface area contributed by atoms with Gasteiger partial charge in [-0.1, -0.05) is 5.16 Å². The number of nitrogens with zero attached hydrogens (tertiary/aromatic N) is 5. The maximum Gasteiger partial charge on any atom is 0.173 e. The summed E-state index contributed by atoms with van der Waals surface area (Å²) in [5, 5.41) is 19.5. The van der Waals surface area contributed by atoms with Gasteiger partial charge >= 0.3 is 0 Å². The summed E-state index contributed by atoms with van der Waals surface area (Å²) in [5.41, 5.74) is 6.16. The van der Waals surface area contributed by atoms with Crippen LogP contribution in [0.25, 0.3) is 0 Å². The van der Waals surface area contributed by atoms with Gasteiger partial charge in [0.15, 0.2) is 11.7 Å². The highest BCUT2D eigenvalue weighted by Gasteiger charge is 2.12. The SMILES string of the molecule is CN(C)CCN(C)c1nnccc1/C(N)=N/O. The number of likely N-dealkylation sites (N-methyl/N-ethyl adjacent to an activating group) is 2. The standard InChI is InChI=1S/C10H18N6O/c1-15(2)6-7-16(3)10-8(9(11)14-17)4-5-12-13-10/h4-5,17H,6-7H2,1-3H3,(H2,11,14). The number of rotatable bonds is 5. The van der Waals surface area contributed by atoms with Gasteiger partial charge in [0.1, 0.15) is 0 Å². The molecule has 1 aromatic heterocycles. The Morgan fingerprint density at radius 3 is 2.71 bits per heavy atom. The molecule has 0 bridgehead atoms. The predicted octanol–water partition coefficient (Wildman–Crippen LogP) is -0.431. The van der Waals surface area contributed by atoms with Crippen molar-refractivity contribution in [3.05, 3.63) is 17.8 Å². The normalized spacial score (nSPS) is 11.9. The molecule has 0 saturated carbocycles. The Morgan fingerprint density at radius 2 is 2.12 bits per heavy atom. The van der Waals surface area contributed by atoms with E-state index in [9.17, 15) is 0 Å². The van der Waals surface area contributed by atoms with Crippen molar-refractivity contribution < 1.29 is 5.21 Å². The van der Waals surface area contributed by atoms with Crippen LogP contribution in [0.4, 0.5) is 5.82 Å². The summed E-state index contributed by atoms with van der Waals surface area (Å²) in [5.74, 6) is 0.635. The van der Waals surface area contributed by atoms with Crippen molar-refractivity contribution >= 4 is 11.7 Å². The molecule has 0 aliphatic heterocycles. The second-order valence-corrected chi connectivity index (χ2v) is 3.98. The number of anilines is 1. The van der Waals surface area contributed by atoms with Crippen molar-refractivity contribution in [2.24, 2.45) is 10.9 Å². The van der Waals surface area contributed by atoms with Gasteiger partial charge in [-0.25, -0.2) is 0 Å². The van der Waals surface area contributed by atoms with E-state index in [0.717, 1.165) is 13.1 Å². The molecule has 0 atom stereocenters. The van der Waals surface area contributed by atoms with Crippen molar-refractivity contribution in [2.45, 2.75) is 0 Å². The fraction of sp³-hybridized carbons (Fsp3) is 0.500. The molecule has 0 aliphatic carbocycles. The van der Waals surface area contributed by atoms with Crippen LogP contribution in [0.3, 0.4) is 0 Å². The molecule has 1 rings (SSSR count). The quantitative estimate of drug-likeness (QED) is 0.313. The van der Waals surface area contributed by atoms with Crippen LogP contribution in [-0.4, -0.2) is 60.4 Å². The zero-order valence-corrected chi connectivity index (χ0v) is 10.3. The van der Waals surface area contributed by atoms with Gasteiger partial charge in [-0.05, 0) is 20.2 Å². The van der Waals surface area contributed by atoms with E-state index in [0.29, 0.717) is 11.4 Å². The van der Waals surface area contributed by atoms with Gasteiger partial charge in [-0.3, -0.25) is 0 Å². The van der Waals surface area contributed by atoms with E-state index in [-0.39, 0.29) is 5.84 Å². The third-order valence-electron chi connectivity index (χ3n) is 2.33. The van der Waals surface area contributed by atoms with Crippen molar-refractivity contribution in [1.82, 2.24) is 15.1 Å². The molecule has 1 aromatic rings. The van der Waals surface area contributed by atoms with Crippen LogP contribution >= 0.6 is 0 Å². The number of hydrogen-bond acceptors (Lipinski definition) is 6. The molecular formula is C10H18N6O. The van der Waals surface area contributed by atoms with Crippen LogP contribution in [0.5, 0.6) is 0 Å². The first-order chi connectivity index (χ1) is 8.06. The molecule has 17 heavy (non-hydrogen) atoms. The molecule has 94 valence electrons. The fourth-order valence-electron chi connectivity index (χ4n) is 1.32. The number of amidine groups is 1. The molecule has 7 nitrogen and oxygen atoms in total. The number of oxime groups is 1. The first-order valence-corrected chi connectivity index (χ1v) is 5.21. The number of aromatic nitrogens is 2. The maximum absolute atomic E-state index is 8.70. The Hall–Kier alpha value is -1.89. The topological polar surface area (TPSA) is 90.9 Å². The van der Waals surface area contributed by atoms with Gasteiger partial charge in [0.2, 0.25) is 0 Å². The molecule has 0 fully saturated rings. The maximum atomic E-state index is 8.70. The molecule has 0 aromatic carbocycles. The van der Waals surface area contributed by atoms with Crippen molar-refractivity contribution in [3.63, 3.8) is 0 Å². The Bertz CT molecular complexity index is 392. The van der Waals surface area contributed by atoms with E-state index in [2.05, 4.69) is 20.3 Å². The molecule has 0 unspecified atom stereocenters. The molecule has 0 amide bonds. The third kappa shape index (κ3) is 3.56. The Morgan fingerprint density at radius 1 is 1.41 bits per heavy atom. The second-order valence-electron chi connectivity index (χ2n) is 3.98. The van der Waals surface area contributed by atoms with Gasteiger partial charge in [0, 0.05) is 20.1 Å². The first kappa shape index (κ1) is 13.2. The summed E-state index contributed by atoms with van der Waals surface area (Å²) in [4.78, 5) is 3.98. The molecule has 7 heteroatoms. The molecule has 0 aliphatic rings. The Kier molecular flexibility index (Phi) is 4.65. The predicted molar refractivity (Wildman–Crippen MR) is 66.4 cm³/mol. The van der Waals surface area contributed by atoms with Crippen molar-refractivity contribution in [1.29, 1.82) is 0 Å². The van der Waals surface area contributed by atoms with E-state index < -0.39 is 0 Å². The summed E-state index contributed by atoms with van der Waals surface area (Å²) in [7, 11) is 5.88. The molecule has 1 heterocycles. The molecule has 0 spiro atoms. The van der Waals surface area contributed by atoms with E-state index in [4.69, 9.17) is 10.9 Å². The minimum atomic E-state index is 0.0339. The summed E-state index contributed by atoms with van der Waals surface area (Å²) in [6.07, 6.45) is 1.51. The molecule has 0 saturated heterocycles. The van der Waals surface area contributed by atoms with Crippen LogP contribution in [0.1, 0.15) is 5.56 Å². The highest BCUT2D eigenvalue weighted by atomic mass is 16.4. The van der Waals surface area contributed by atoms with E-state index >= 15 is 0 Å². The number of hydrogen-bond donors (Lipinski definition) is 2. The lowest BCUT2D eigenvalue weighted by Crippen LogP contribution is -2.31. The monoisotopic (exact) mass is 238 g/mol. The van der Waals surface area contributed by atoms with Crippen LogP contribution < -0.4 is 10.6 Å². The van der Waals surface area contributed by atoms with E-state index in [1.54, 1.807) is 6.07 Å². The van der Waals surface area contributed by atoms with E-state index in [1.165, 1.54) is 6.20 Å². The Balaban J connectivity index is 2.89. The second kappa shape index (κ2) is 6.00. The number of nitrogens with two attached hydrogens (primary N) is 1. The molecule has 3 N–H and O–H groups in total. The lowest BCUT2D eigenvalue weighted by Gasteiger charge is -2.21. The van der Waals surface area contributed by atoms with Crippen LogP contribution in [0.2, 0.25) is 0 Å². The third-order valence-corrected chi connectivity index (χ3v) is 2.33. The van der Waals surface area contributed by atoms with Gasteiger partial charge < -0.3 is 20.7 Å². The summed E-state index contributed by atoms with van der Waals surface area (Å²) < 4.78 is 0. The minimum absolute atomic E-state index is 0.0339. The molecule has 0 radical (unpaired) electrons. The summed E-state index contributed by atoms with van der Waals surface area (Å²) in [6, 6.07) is 1.67. The molecular weight excluding hydrogens is 220 g/mol. The zero-order valence-electron chi connectivity index (χ0n) is 10.3. The van der Waals surface area contributed by atoms with Crippen LogP contribution in [0.15, 0.2) is 17.4 Å².